The van der Waals surface area contributed by atoms with Crippen molar-refractivity contribution in [2.24, 2.45) is 11.3 Å². The number of ether oxygens (including phenoxy) is 1. The number of fused-ring (bicyclic) bond motifs is 1. The van der Waals surface area contributed by atoms with Crippen LogP contribution in [0.3, 0.4) is 0 Å². The summed E-state index contributed by atoms with van der Waals surface area (Å²) in [6.07, 6.45) is 14.5. The lowest BCUT2D eigenvalue weighted by Crippen LogP contribution is -2.24. The van der Waals surface area contributed by atoms with Crippen molar-refractivity contribution in [1.82, 2.24) is 4.57 Å². The van der Waals surface area contributed by atoms with E-state index in [9.17, 15) is 9.59 Å². The molecule has 200 valence electrons. The number of aryl methyl sites for hydroxylation is 1. The lowest BCUT2D eigenvalue weighted by Gasteiger charge is -2.33. The minimum Gasteiger partial charge on any atom is -0.493 e. The Morgan fingerprint density at radius 3 is 2.55 bits per heavy atom. The second-order valence-electron chi connectivity index (χ2n) is 11.0. The van der Waals surface area contributed by atoms with Crippen LogP contribution in [0.5, 0.6) is 5.75 Å². The van der Waals surface area contributed by atoms with Crippen molar-refractivity contribution >= 4 is 22.7 Å². The monoisotopic (exact) mass is 513 g/mol. The van der Waals surface area contributed by atoms with E-state index >= 15 is 0 Å². The first-order valence-corrected chi connectivity index (χ1v) is 13.6. The van der Waals surface area contributed by atoms with Gasteiger partial charge in [-0.25, -0.2) is 0 Å². The molecule has 38 heavy (non-hydrogen) atoms. The Morgan fingerprint density at radius 2 is 1.84 bits per heavy atom. The fraction of sp³-hybridized carbons (Fsp3) is 0.394. The maximum Gasteiger partial charge on any atom is 0.303 e. The van der Waals surface area contributed by atoms with E-state index < -0.39 is 5.97 Å². The first-order chi connectivity index (χ1) is 18.2. The molecule has 1 N–H and O–H groups in total. The molecule has 1 aromatic heterocycles. The number of carbonyl (C=O) groups is 2. The van der Waals surface area contributed by atoms with Gasteiger partial charge >= 0.3 is 5.97 Å². The van der Waals surface area contributed by atoms with E-state index in [2.05, 4.69) is 38.2 Å². The minimum absolute atomic E-state index is 0.0275. The van der Waals surface area contributed by atoms with Gasteiger partial charge in [0.05, 0.1) is 6.61 Å². The van der Waals surface area contributed by atoms with Crippen molar-refractivity contribution in [3.8, 4) is 5.75 Å². The van der Waals surface area contributed by atoms with Crippen molar-refractivity contribution in [3.05, 3.63) is 89.2 Å². The maximum atomic E-state index is 13.7. The number of aliphatic carboxylic acids is 1. The largest absolute Gasteiger partial charge is 0.493 e. The first-order valence-electron chi connectivity index (χ1n) is 13.6. The zero-order valence-corrected chi connectivity index (χ0v) is 23.0. The molecule has 2 aromatic carbocycles. The highest BCUT2D eigenvalue weighted by Crippen LogP contribution is 2.39. The number of hydrogen-bond donors (Lipinski definition) is 1. The fourth-order valence-electron chi connectivity index (χ4n) is 5.68. The quantitative estimate of drug-likeness (QED) is 0.252. The summed E-state index contributed by atoms with van der Waals surface area (Å²) >= 11 is 0. The van der Waals surface area contributed by atoms with Gasteiger partial charge in [-0.1, -0.05) is 56.4 Å². The van der Waals surface area contributed by atoms with Gasteiger partial charge in [-0.3, -0.25) is 9.59 Å². The summed E-state index contributed by atoms with van der Waals surface area (Å²) in [7, 11) is 0. The number of benzene rings is 2. The van der Waals surface area contributed by atoms with E-state index in [1.165, 1.54) is 0 Å². The number of rotatable bonds is 12. The summed E-state index contributed by atoms with van der Waals surface area (Å²) in [5.41, 5.74) is 4.29. The summed E-state index contributed by atoms with van der Waals surface area (Å²) in [5.74, 6) is 0.599. The summed E-state index contributed by atoms with van der Waals surface area (Å²) in [5, 5.41) is 9.90. The summed E-state index contributed by atoms with van der Waals surface area (Å²) in [6, 6.07) is 11.6. The molecule has 0 bridgehead atoms. The average molecular weight is 514 g/mol. The Hall–Kier alpha value is -3.60. The molecule has 4 rings (SSSR count). The number of hydrogen-bond acceptors (Lipinski definition) is 3. The van der Waals surface area contributed by atoms with Crippen LogP contribution in [-0.2, 0) is 11.3 Å². The number of carboxylic acids is 1. The van der Waals surface area contributed by atoms with E-state index in [0.717, 1.165) is 47.0 Å². The third kappa shape index (κ3) is 6.09. The normalized spacial score (nSPS) is 16.9. The molecule has 5 heteroatoms. The molecule has 0 fully saturated rings. The lowest BCUT2D eigenvalue weighted by atomic mass is 9.73. The molecule has 3 aromatic rings. The molecule has 0 amide bonds. The van der Waals surface area contributed by atoms with Crippen molar-refractivity contribution in [1.29, 1.82) is 0 Å². The fourth-order valence-corrected chi connectivity index (χ4v) is 5.68. The molecule has 0 saturated heterocycles. The van der Waals surface area contributed by atoms with Gasteiger partial charge < -0.3 is 14.4 Å². The number of allylic oxidation sites excluding steroid dienone is 4. The Kier molecular flexibility index (Phi) is 8.55. The number of carboxylic acid groups (broad SMARTS) is 1. The van der Waals surface area contributed by atoms with E-state index in [1.54, 1.807) is 0 Å². The van der Waals surface area contributed by atoms with Crippen LogP contribution >= 0.6 is 0 Å². The number of para-hydroxylation sites is 1. The minimum atomic E-state index is -0.812. The zero-order chi connectivity index (χ0) is 27.3. The third-order valence-electron chi connectivity index (χ3n) is 7.70. The Labute approximate surface area is 225 Å². The molecule has 5 nitrogen and oxygen atoms in total. The van der Waals surface area contributed by atoms with E-state index in [0.29, 0.717) is 36.6 Å². The Morgan fingerprint density at radius 1 is 1.05 bits per heavy atom. The van der Waals surface area contributed by atoms with Gasteiger partial charge in [0, 0.05) is 41.2 Å². The van der Waals surface area contributed by atoms with E-state index in [1.807, 2.05) is 61.0 Å². The van der Waals surface area contributed by atoms with Gasteiger partial charge in [0.25, 0.3) is 0 Å². The summed E-state index contributed by atoms with van der Waals surface area (Å²) in [6.45, 7) is 9.72. The van der Waals surface area contributed by atoms with Crippen molar-refractivity contribution in [2.45, 2.75) is 66.3 Å². The average Bonchev–Trinajstić information content (AvgIpc) is 3.25. The van der Waals surface area contributed by atoms with Crippen molar-refractivity contribution in [2.75, 3.05) is 6.61 Å². The smallest absolute Gasteiger partial charge is 0.303 e. The molecule has 0 aliphatic heterocycles. The number of ketones is 1. The van der Waals surface area contributed by atoms with Gasteiger partial charge in [-0.05, 0) is 80.2 Å². The molecule has 1 unspecified atom stereocenters. The molecule has 0 saturated carbocycles. The van der Waals surface area contributed by atoms with Crippen LogP contribution in [-0.4, -0.2) is 28.0 Å². The second-order valence-corrected chi connectivity index (χ2v) is 11.0. The highest BCUT2D eigenvalue weighted by Gasteiger charge is 2.28. The molecule has 0 spiro atoms. The Bertz CT molecular complexity index is 1380. The molecular formula is C33H39NO4. The van der Waals surface area contributed by atoms with Crippen LogP contribution in [0, 0.1) is 25.2 Å². The van der Waals surface area contributed by atoms with E-state index in [4.69, 9.17) is 9.84 Å². The number of aromatic nitrogens is 1. The Balaban J connectivity index is 1.52. The highest BCUT2D eigenvalue weighted by atomic mass is 16.5. The molecule has 1 aliphatic carbocycles. The van der Waals surface area contributed by atoms with Crippen LogP contribution < -0.4 is 4.74 Å². The first kappa shape index (κ1) is 27.4. The second kappa shape index (κ2) is 11.8. The van der Waals surface area contributed by atoms with Crippen molar-refractivity contribution < 1.29 is 19.4 Å². The number of carbonyl (C=O) groups excluding carboxylic acids is 1. The SMILES string of the molecule is Cc1c(OCCC2(CC(C)C)C=CC=CC2)ccc(C(=O)c2cn(CCCC(=O)O)c3ccccc23)c1C. The topological polar surface area (TPSA) is 68.5 Å². The highest BCUT2D eigenvalue weighted by molar-refractivity contribution is 6.17. The zero-order valence-electron chi connectivity index (χ0n) is 23.0. The van der Waals surface area contributed by atoms with Crippen LogP contribution in [0.25, 0.3) is 10.9 Å². The van der Waals surface area contributed by atoms with Crippen LogP contribution in [0.1, 0.15) is 73.0 Å². The van der Waals surface area contributed by atoms with Crippen LogP contribution in [0.2, 0.25) is 0 Å². The molecular weight excluding hydrogens is 474 g/mol. The standard InChI is InChI=1S/C33H39NO4/c1-23(2)21-33(16-8-5-9-17-33)18-20-38-30-15-14-26(24(3)25(30)4)32(37)28-22-34(19-10-13-31(35)36)29-12-7-6-11-27(28)29/h5-9,11-12,14-16,22-23H,10,13,17-21H2,1-4H3,(H,35,36). The van der Waals surface area contributed by atoms with Crippen LogP contribution in [0.15, 0.2) is 66.9 Å². The maximum absolute atomic E-state index is 13.7. The van der Waals surface area contributed by atoms with E-state index in [-0.39, 0.29) is 17.6 Å². The molecule has 1 atom stereocenters. The third-order valence-corrected chi connectivity index (χ3v) is 7.70. The lowest BCUT2D eigenvalue weighted by molar-refractivity contribution is -0.137. The molecule has 1 aliphatic rings. The van der Waals surface area contributed by atoms with Gasteiger partial charge in [-0.2, -0.15) is 0 Å². The predicted octanol–water partition coefficient (Wildman–Crippen LogP) is 7.67. The van der Waals surface area contributed by atoms with Gasteiger partial charge in [0.2, 0.25) is 0 Å². The van der Waals surface area contributed by atoms with Crippen LogP contribution in [0.4, 0.5) is 0 Å². The predicted molar refractivity (Wildman–Crippen MR) is 153 cm³/mol. The van der Waals surface area contributed by atoms with Gasteiger partial charge in [0.1, 0.15) is 5.75 Å². The number of nitrogens with zero attached hydrogens (tertiary/aromatic N) is 1. The summed E-state index contributed by atoms with van der Waals surface area (Å²) < 4.78 is 8.28. The van der Waals surface area contributed by atoms with Gasteiger partial charge in [0.15, 0.2) is 5.78 Å². The molecule has 1 heterocycles. The molecule has 0 radical (unpaired) electrons. The summed E-state index contributed by atoms with van der Waals surface area (Å²) in [4.78, 5) is 24.7. The van der Waals surface area contributed by atoms with Gasteiger partial charge in [-0.15, -0.1) is 0 Å². The van der Waals surface area contributed by atoms with Crippen molar-refractivity contribution in [3.63, 3.8) is 0 Å².